The van der Waals surface area contributed by atoms with Gasteiger partial charge in [0.1, 0.15) is 6.61 Å². The van der Waals surface area contributed by atoms with Crippen molar-refractivity contribution < 1.29 is 19.2 Å². The zero-order valence-electron chi connectivity index (χ0n) is 12.6. The monoisotopic (exact) mass is 391 g/mol. The average Bonchev–Trinajstić information content (AvgIpc) is 2.58. The minimum atomic E-state index is -0.521. The van der Waals surface area contributed by atoms with Crippen LogP contribution in [0.25, 0.3) is 0 Å². The maximum absolute atomic E-state index is 12.0. The lowest BCUT2D eigenvalue weighted by atomic mass is 10.1. The van der Waals surface area contributed by atoms with Gasteiger partial charge in [0.2, 0.25) is 0 Å². The third kappa shape index (κ3) is 5.27. The molecule has 0 spiro atoms. The number of Topliss-reactive ketones (excluding diaryl/α,β-unsaturated/α-hetero) is 1. The molecule has 6 nitrogen and oxygen atoms in total. The maximum atomic E-state index is 12.0. The van der Waals surface area contributed by atoms with Gasteiger partial charge in [-0.25, -0.2) is 0 Å². The van der Waals surface area contributed by atoms with Gasteiger partial charge in [-0.1, -0.05) is 40.2 Å². The Labute approximate surface area is 146 Å². The molecule has 0 aliphatic carbocycles. The molecule has 0 heterocycles. The van der Waals surface area contributed by atoms with Gasteiger partial charge in [-0.15, -0.1) is 0 Å². The number of ketones is 1. The van der Waals surface area contributed by atoms with E-state index in [2.05, 4.69) is 15.9 Å². The summed E-state index contributed by atoms with van der Waals surface area (Å²) in [6.45, 7) is -0.0625. The Morgan fingerprint density at radius 1 is 1.08 bits per heavy atom. The molecule has 0 unspecified atom stereocenters. The highest BCUT2D eigenvalue weighted by atomic mass is 79.9. The number of benzene rings is 2. The first-order valence-electron chi connectivity index (χ1n) is 7.13. The summed E-state index contributed by atoms with van der Waals surface area (Å²) in [7, 11) is 0. The molecule has 0 atom stereocenters. The zero-order chi connectivity index (χ0) is 17.5. The van der Waals surface area contributed by atoms with Crippen LogP contribution >= 0.6 is 15.9 Å². The number of esters is 1. The minimum Gasteiger partial charge on any atom is -0.461 e. The van der Waals surface area contributed by atoms with Gasteiger partial charge >= 0.3 is 5.97 Å². The number of carbonyl (C=O) groups excluding carboxylic acids is 2. The van der Waals surface area contributed by atoms with Gasteiger partial charge in [-0.2, -0.15) is 0 Å². The van der Waals surface area contributed by atoms with Crippen LogP contribution in [-0.2, 0) is 16.1 Å². The number of ether oxygens (including phenoxy) is 1. The van der Waals surface area contributed by atoms with E-state index in [-0.39, 0.29) is 30.9 Å². The van der Waals surface area contributed by atoms with Gasteiger partial charge in [0.25, 0.3) is 5.69 Å². The molecule has 7 heteroatoms. The predicted octanol–water partition coefficient (Wildman–Crippen LogP) is 4.06. The van der Waals surface area contributed by atoms with Crippen molar-refractivity contribution in [1.82, 2.24) is 0 Å². The van der Waals surface area contributed by atoms with E-state index in [1.54, 1.807) is 30.3 Å². The van der Waals surface area contributed by atoms with Crippen molar-refractivity contribution in [3.05, 3.63) is 74.2 Å². The van der Waals surface area contributed by atoms with Gasteiger partial charge < -0.3 is 4.74 Å². The normalized spacial score (nSPS) is 10.2. The fourth-order valence-corrected chi connectivity index (χ4v) is 2.26. The number of nitro groups is 1. The van der Waals surface area contributed by atoms with Crippen molar-refractivity contribution in [2.24, 2.45) is 0 Å². The first-order chi connectivity index (χ1) is 11.5. The Morgan fingerprint density at radius 2 is 1.79 bits per heavy atom. The number of rotatable bonds is 7. The van der Waals surface area contributed by atoms with E-state index in [0.717, 1.165) is 4.47 Å². The Bertz CT molecular complexity index is 758. The largest absolute Gasteiger partial charge is 0.461 e. The number of non-ortho nitro benzene ring substituents is 1. The predicted molar refractivity (Wildman–Crippen MR) is 90.6 cm³/mol. The molecule has 2 rings (SSSR count). The SMILES string of the molecule is O=C(CCC(=O)c1ccc(Br)cc1)OCc1cccc([N+](=O)[O-])c1. The molecule has 0 saturated carbocycles. The van der Waals surface area contributed by atoms with Crippen molar-refractivity contribution in [2.45, 2.75) is 19.4 Å². The van der Waals surface area contributed by atoms with Crippen LogP contribution in [0.2, 0.25) is 0 Å². The Hall–Kier alpha value is -2.54. The summed E-state index contributed by atoms with van der Waals surface area (Å²) in [6, 6.07) is 12.7. The standard InChI is InChI=1S/C17H14BrNO5/c18-14-6-4-13(5-7-14)16(20)8-9-17(21)24-11-12-2-1-3-15(10-12)19(22)23/h1-7,10H,8-9,11H2. The highest BCUT2D eigenvalue weighted by molar-refractivity contribution is 9.10. The van der Waals surface area contributed by atoms with Gasteiger partial charge in [-0.3, -0.25) is 19.7 Å². The molecule has 0 saturated heterocycles. The van der Waals surface area contributed by atoms with Crippen LogP contribution in [0, 0.1) is 10.1 Å². The Kier molecular flexibility index (Phi) is 6.20. The van der Waals surface area contributed by atoms with Crippen LogP contribution < -0.4 is 0 Å². The number of nitro benzene ring substituents is 1. The van der Waals surface area contributed by atoms with E-state index < -0.39 is 10.9 Å². The first-order valence-corrected chi connectivity index (χ1v) is 7.93. The summed E-state index contributed by atoms with van der Waals surface area (Å²) < 4.78 is 5.92. The second kappa shape index (κ2) is 8.35. The average molecular weight is 392 g/mol. The second-order valence-electron chi connectivity index (χ2n) is 5.02. The summed E-state index contributed by atoms with van der Waals surface area (Å²) in [4.78, 5) is 33.8. The lowest BCUT2D eigenvalue weighted by Gasteiger charge is -2.05. The van der Waals surface area contributed by atoms with Gasteiger partial charge in [-0.05, 0) is 17.7 Å². The summed E-state index contributed by atoms with van der Waals surface area (Å²) in [5, 5.41) is 10.7. The van der Waals surface area contributed by atoms with E-state index in [1.165, 1.54) is 18.2 Å². The maximum Gasteiger partial charge on any atom is 0.306 e. The van der Waals surface area contributed by atoms with Crippen LogP contribution in [0.4, 0.5) is 5.69 Å². The molecule has 0 fully saturated rings. The third-order valence-corrected chi connectivity index (χ3v) is 3.77. The molecule has 0 aliphatic heterocycles. The van der Waals surface area contributed by atoms with Gasteiger partial charge in [0.05, 0.1) is 11.3 Å². The number of halogens is 1. The Balaban J connectivity index is 1.81. The summed E-state index contributed by atoms with van der Waals surface area (Å²) in [5.41, 5.74) is 0.996. The minimum absolute atomic E-state index is 0.0379. The molecule has 24 heavy (non-hydrogen) atoms. The first kappa shape index (κ1) is 17.8. The van der Waals surface area contributed by atoms with Crippen LogP contribution in [0.15, 0.2) is 53.0 Å². The number of carbonyl (C=O) groups is 2. The molecular weight excluding hydrogens is 378 g/mol. The van der Waals surface area contributed by atoms with Crippen LogP contribution in [0.1, 0.15) is 28.8 Å². The third-order valence-electron chi connectivity index (χ3n) is 3.24. The molecular formula is C17H14BrNO5. The van der Waals surface area contributed by atoms with Crippen molar-refractivity contribution in [3.8, 4) is 0 Å². The van der Waals surface area contributed by atoms with Crippen molar-refractivity contribution in [3.63, 3.8) is 0 Å². The molecule has 0 radical (unpaired) electrons. The van der Waals surface area contributed by atoms with Crippen molar-refractivity contribution in [1.29, 1.82) is 0 Å². The molecule has 2 aromatic rings. The van der Waals surface area contributed by atoms with E-state index in [0.29, 0.717) is 11.1 Å². The highest BCUT2D eigenvalue weighted by Gasteiger charge is 2.11. The quantitative estimate of drug-likeness (QED) is 0.307. The van der Waals surface area contributed by atoms with E-state index in [9.17, 15) is 19.7 Å². The molecule has 0 N–H and O–H groups in total. The van der Waals surface area contributed by atoms with Crippen LogP contribution in [-0.4, -0.2) is 16.7 Å². The van der Waals surface area contributed by atoms with E-state index in [4.69, 9.17) is 4.74 Å². The smallest absolute Gasteiger partial charge is 0.306 e. The Morgan fingerprint density at radius 3 is 2.46 bits per heavy atom. The number of hydrogen-bond acceptors (Lipinski definition) is 5. The molecule has 0 amide bonds. The summed E-state index contributed by atoms with van der Waals surface area (Å²) >= 11 is 3.29. The molecule has 0 aliphatic rings. The highest BCUT2D eigenvalue weighted by Crippen LogP contribution is 2.15. The number of nitrogens with zero attached hydrogens (tertiary/aromatic N) is 1. The lowest BCUT2D eigenvalue weighted by Crippen LogP contribution is -2.08. The number of hydrogen-bond donors (Lipinski definition) is 0. The fourth-order valence-electron chi connectivity index (χ4n) is 1.99. The zero-order valence-corrected chi connectivity index (χ0v) is 14.2. The van der Waals surface area contributed by atoms with Gasteiger partial charge in [0, 0.05) is 28.6 Å². The summed E-state index contributed by atoms with van der Waals surface area (Å²) in [6.07, 6.45) is 0.0131. The van der Waals surface area contributed by atoms with E-state index in [1.807, 2.05) is 0 Å². The fraction of sp³-hybridized carbons (Fsp3) is 0.176. The van der Waals surface area contributed by atoms with Crippen LogP contribution in [0.5, 0.6) is 0 Å². The molecule has 0 bridgehead atoms. The van der Waals surface area contributed by atoms with Crippen molar-refractivity contribution in [2.75, 3.05) is 0 Å². The van der Waals surface area contributed by atoms with E-state index >= 15 is 0 Å². The summed E-state index contributed by atoms with van der Waals surface area (Å²) in [5.74, 6) is -0.665. The van der Waals surface area contributed by atoms with Crippen LogP contribution in [0.3, 0.4) is 0 Å². The van der Waals surface area contributed by atoms with Gasteiger partial charge in [0.15, 0.2) is 5.78 Å². The molecule has 0 aromatic heterocycles. The second-order valence-corrected chi connectivity index (χ2v) is 5.93. The van der Waals surface area contributed by atoms with Crippen molar-refractivity contribution >= 4 is 33.4 Å². The topological polar surface area (TPSA) is 86.5 Å². The molecule has 2 aromatic carbocycles. The lowest BCUT2D eigenvalue weighted by molar-refractivity contribution is -0.384. The molecule has 124 valence electrons.